The molecule has 0 saturated carbocycles. The van der Waals surface area contributed by atoms with Crippen LogP contribution in [0.3, 0.4) is 0 Å². The molecule has 0 radical (unpaired) electrons. The molecule has 2 N–H and O–H groups in total. The highest BCUT2D eigenvalue weighted by Gasteiger charge is 2.21. The predicted molar refractivity (Wildman–Crippen MR) is 80.0 cm³/mol. The van der Waals surface area contributed by atoms with E-state index in [-0.39, 0.29) is 0 Å². The number of hydrogen-bond donors (Lipinski definition) is 2. The fourth-order valence-corrected chi connectivity index (χ4v) is 2.03. The van der Waals surface area contributed by atoms with E-state index in [1.165, 1.54) is 0 Å². The molecule has 1 aromatic heterocycles. The van der Waals surface area contributed by atoms with Crippen LogP contribution in [0.1, 0.15) is 19.7 Å². The third-order valence-corrected chi connectivity index (χ3v) is 2.68. The van der Waals surface area contributed by atoms with Crippen LogP contribution in [0.2, 0.25) is 5.15 Å². The molecule has 0 aliphatic heterocycles. The molecule has 0 aliphatic carbocycles. The van der Waals surface area contributed by atoms with E-state index in [4.69, 9.17) is 16.3 Å². The molecular formula is C13H23ClN4O2. The Morgan fingerprint density at radius 2 is 2.15 bits per heavy atom. The van der Waals surface area contributed by atoms with Gasteiger partial charge in [-0.2, -0.15) is 0 Å². The van der Waals surface area contributed by atoms with Crippen LogP contribution in [0, 0.1) is 0 Å². The number of rotatable bonds is 8. The van der Waals surface area contributed by atoms with E-state index in [2.05, 4.69) is 15.3 Å². The lowest BCUT2D eigenvalue weighted by atomic mass is 10.1. The molecule has 1 rings (SSSR count). The Morgan fingerprint density at radius 3 is 2.75 bits per heavy atom. The van der Waals surface area contributed by atoms with Crippen LogP contribution in [0.4, 0.5) is 5.82 Å². The van der Waals surface area contributed by atoms with E-state index in [0.29, 0.717) is 43.1 Å². The smallest absolute Gasteiger partial charge is 0.158 e. The number of anilines is 1. The molecule has 0 saturated heterocycles. The second-order valence-electron chi connectivity index (χ2n) is 5.22. The van der Waals surface area contributed by atoms with Gasteiger partial charge < -0.3 is 20.1 Å². The van der Waals surface area contributed by atoms with Crippen LogP contribution in [-0.2, 0) is 11.3 Å². The SMILES string of the molecule is CCOCc1nc(Cl)cc(NCC(C)(O)CN(C)C)n1. The Balaban J connectivity index is 2.65. The van der Waals surface area contributed by atoms with Crippen molar-refractivity contribution >= 4 is 17.4 Å². The highest BCUT2D eigenvalue weighted by Crippen LogP contribution is 2.14. The first-order valence-corrected chi connectivity index (χ1v) is 6.92. The highest BCUT2D eigenvalue weighted by atomic mass is 35.5. The number of aromatic nitrogens is 2. The van der Waals surface area contributed by atoms with Gasteiger partial charge in [-0.05, 0) is 27.9 Å². The number of halogens is 1. The summed E-state index contributed by atoms with van der Waals surface area (Å²) in [6.45, 7) is 5.50. The minimum absolute atomic E-state index is 0.319. The van der Waals surface area contributed by atoms with Gasteiger partial charge in [0, 0.05) is 25.8 Å². The fourth-order valence-electron chi connectivity index (χ4n) is 1.83. The molecule has 7 heteroatoms. The maximum absolute atomic E-state index is 10.2. The maximum Gasteiger partial charge on any atom is 0.158 e. The van der Waals surface area contributed by atoms with Crippen LogP contribution in [0.25, 0.3) is 0 Å². The monoisotopic (exact) mass is 302 g/mol. The zero-order chi connectivity index (χ0) is 15.2. The lowest BCUT2D eigenvalue weighted by Crippen LogP contribution is -2.43. The molecule has 1 heterocycles. The topological polar surface area (TPSA) is 70.5 Å². The van der Waals surface area contributed by atoms with Crippen LogP contribution < -0.4 is 5.32 Å². The number of aliphatic hydroxyl groups is 1. The molecule has 1 unspecified atom stereocenters. The predicted octanol–water partition coefficient (Wildman–Crippen LogP) is 1.39. The van der Waals surface area contributed by atoms with Gasteiger partial charge in [0.05, 0.1) is 5.60 Å². The summed E-state index contributed by atoms with van der Waals surface area (Å²) in [6.07, 6.45) is 0. The lowest BCUT2D eigenvalue weighted by Gasteiger charge is -2.27. The van der Waals surface area contributed by atoms with Crippen molar-refractivity contribution in [1.82, 2.24) is 14.9 Å². The van der Waals surface area contributed by atoms with Gasteiger partial charge in [0.2, 0.25) is 0 Å². The minimum Gasteiger partial charge on any atom is -0.387 e. The molecule has 0 amide bonds. The van der Waals surface area contributed by atoms with Crippen LogP contribution in [0.15, 0.2) is 6.07 Å². The molecule has 0 fully saturated rings. The largest absolute Gasteiger partial charge is 0.387 e. The van der Waals surface area contributed by atoms with E-state index in [1.807, 2.05) is 25.9 Å². The first-order chi connectivity index (χ1) is 9.32. The molecule has 0 aromatic carbocycles. The van der Waals surface area contributed by atoms with Crippen molar-refractivity contribution in [2.75, 3.05) is 39.1 Å². The van der Waals surface area contributed by atoms with Gasteiger partial charge in [-0.1, -0.05) is 11.6 Å². The summed E-state index contributed by atoms with van der Waals surface area (Å²) in [6, 6.07) is 1.63. The van der Waals surface area contributed by atoms with Crippen molar-refractivity contribution in [1.29, 1.82) is 0 Å². The van der Waals surface area contributed by atoms with Gasteiger partial charge in [-0.25, -0.2) is 9.97 Å². The lowest BCUT2D eigenvalue weighted by molar-refractivity contribution is 0.0459. The third-order valence-electron chi connectivity index (χ3n) is 2.48. The third kappa shape index (κ3) is 6.47. The average Bonchev–Trinajstić information content (AvgIpc) is 2.32. The maximum atomic E-state index is 10.2. The summed E-state index contributed by atoms with van der Waals surface area (Å²) in [5, 5.41) is 13.7. The van der Waals surface area contributed by atoms with Gasteiger partial charge >= 0.3 is 0 Å². The number of nitrogens with zero attached hydrogens (tertiary/aromatic N) is 3. The van der Waals surface area contributed by atoms with E-state index < -0.39 is 5.60 Å². The first-order valence-electron chi connectivity index (χ1n) is 6.54. The van der Waals surface area contributed by atoms with Crippen LogP contribution in [0.5, 0.6) is 0 Å². The Kier molecular flexibility index (Phi) is 6.61. The number of hydrogen-bond acceptors (Lipinski definition) is 6. The van der Waals surface area contributed by atoms with Crippen molar-refractivity contribution in [2.45, 2.75) is 26.1 Å². The molecule has 0 aliphatic rings. The summed E-state index contributed by atoms with van der Waals surface area (Å²) >= 11 is 5.95. The average molecular weight is 303 g/mol. The zero-order valence-electron chi connectivity index (χ0n) is 12.5. The second-order valence-corrected chi connectivity index (χ2v) is 5.60. The first kappa shape index (κ1) is 17.1. The molecule has 1 atom stereocenters. The molecule has 0 spiro atoms. The Hall–Kier alpha value is -0.950. The van der Waals surface area contributed by atoms with Crippen LogP contribution in [-0.4, -0.2) is 59.4 Å². The summed E-state index contributed by atoms with van der Waals surface area (Å²) < 4.78 is 5.26. The Labute approximate surface area is 125 Å². The van der Waals surface area contributed by atoms with E-state index in [1.54, 1.807) is 13.0 Å². The summed E-state index contributed by atoms with van der Waals surface area (Å²) in [5.74, 6) is 1.10. The Bertz CT molecular complexity index is 427. The Morgan fingerprint density at radius 1 is 1.45 bits per heavy atom. The summed E-state index contributed by atoms with van der Waals surface area (Å²) in [5.41, 5.74) is -0.860. The number of ether oxygens (including phenoxy) is 1. The molecule has 20 heavy (non-hydrogen) atoms. The van der Waals surface area contributed by atoms with Crippen molar-refractivity contribution in [3.8, 4) is 0 Å². The molecule has 114 valence electrons. The van der Waals surface area contributed by atoms with Crippen LogP contribution >= 0.6 is 11.6 Å². The van der Waals surface area contributed by atoms with E-state index >= 15 is 0 Å². The van der Waals surface area contributed by atoms with Gasteiger partial charge in [0.25, 0.3) is 0 Å². The van der Waals surface area contributed by atoms with Crippen molar-refractivity contribution in [3.05, 3.63) is 17.0 Å². The van der Waals surface area contributed by atoms with Crippen molar-refractivity contribution in [2.24, 2.45) is 0 Å². The van der Waals surface area contributed by atoms with Gasteiger partial charge in [-0.15, -0.1) is 0 Å². The highest BCUT2D eigenvalue weighted by molar-refractivity contribution is 6.29. The van der Waals surface area contributed by atoms with Gasteiger partial charge in [-0.3, -0.25) is 0 Å². The normalized spacial score (nSPS) is 14.3. The minimum atomic E-state index is -0.860. The van der Waals surface area contributed by atoms with Crippen molar-refractivity contribution < 1.29 is 9.84 Å². The van der Waals surface area contributed by atoms with E-state index in [0.717, 1.165) is 0 Å². The zero-order valence-corrected chi connectivity index (χ0v) is 13.2. The number of likely N-dealkylation sites (N-methyl/N-ethyl adjacent to an activating group) is 1. The van der Waals surface area contributed by atoms with Gasteiger partial charge in [0.15, 0.2) is 5.82 Å². The van der Waals surface area contributed by atoms with Crippen molar-refractivity contribution in [3.63, 3.8) is 0 Å². The fraction of sp³-hybridized carbons (Fsp3) is 0.692. The molecular weight excluding hydrogens is 280 g/mol. The molecule has 0 bridgehead atoms. The molecule has 1 aromatic rings. The summed E-state index contributed by atoms with van der Waals surface area (Å²) in [4.78, 5) is 10.3. The number of nitrogens with one attached hydrogen (secondary N) is 1. The molecule has 6 nitrogen and oxygen atoms in total. The van der Waals surface area contributed by atoms with Gasteiger partial charge in [0.1, 0.15) is 17.6 Å². The standard InChI is InChI=1S/C13H23ClN4O2/c1-5-20-7-12-16-10(14)6-11(17-12)15-8-13(2,19)9-18(3)4/h6,19H,5,7-9H2,1-4H3,(H,15,16,17). The second kappa shape index (κ2) is 7.73. The van der Waals surface area contributed by atoms with E-state index in [9.17, 15) is 5.11 Å². The quantitative estimate of drug-likeness (QED) is 0.707. The summed E-state index contributed by atoms with van der Waals surface area (Å²) in [7, 11) is 3.83.